The summed E-state index contributed by atoms with van der Waals surface area (Å²) in [6, 6.07) is 14.1. The first-order chi connectivity index (χ1) is 11.1. The summed E-state index contributed by atoms with van der Waals surface area (Å²) in [7, 11) is -3.50. The largest absolute Gasteiger partial charge is 0.219 e. The molecule has 0 unspecified atom stereocenters. The molecule has 0 atom stereocenters. The van der Waals surface area contributed by atoms with Gasteiger partial charge in [0.1, 0.15) is 0 Å². The molecule has 0 saturated heterocycles. The van der Waals surface area contributed by atoms with Crippen LogP contribution in [0.25, 0.3) is 12.2 Å². The number of rotatable bonds is 6. The van der Waals surface area contributed by atoms with Gasteiger partial charge in [-0.1, -0.05) is 62.4 Å². The summed E-state index contributed by atoms with van der Waals surface area (Å²) in [4.78, 5) is 0.653. The van der Waals surface area contributed by atoms with E-state index in [9.17, 15) is 8.42 Å². The molecule has 0 aliphatic heterocycles. The SMILES string of the molecule is CCC=Cc1cccc(S(=O)(=O)c2cccc(C=CCC)c2)c1. The lowest BCUT2D eigenvalue weighted by Crippen LogP contribution is -2.02. The second-order valence-corrected chi connectivity index (χ2v) is 7.22. The number of allylic oxidation sites excluding steroid dienone is 2. The molecule has 0 heterocycles. The lowest BCUT2D eigenvalue weighted by atomic mass is 10.2. The molecule has 0 bridgehead atoms. The number of benzene rings is 2. The topological polar surface area (TPSA) is 34.1 Å². The van der Waals surface area contributed by atoms with Gasteiger partial charge in [-0.3, -0.25) is 0 Å². The van der Waals surface area contributed by atoms with E-state index in [1.54, 1.807) is 36.4 Å². The summed E-state index contributed by atoms with van der Waals surface area (Å²) < 4.78 is 25.7. The summed E-state index contributed by atoms with van der Waals surface area (Å²) in [6.45, 7) is 4.10. The fraction of sp³-hybridized carbons (Fsp3) is 0.200. The van der Waals surface area contributed by atoms with E-state index >= 15 is 0 Å². The Hall–Kier alpha value is -2.13. The summed E-state index contributed by atoms with van der Waals surface area (Å²) in [6.07, 6.45) is 9.76. The quantitative estimate of drug-likeness (QED) is 0.715. The van der Waals surface area contributed by atoms with Crippen LogP contribution in [-0.4, -0.2) is 8.42 Å². The van der Waals surface area contributed by atoms with Gasteiger partial charge in [-0.15, -0.1) is 0 Å². The smallest absolute Gasteiger partial charge is 0.206 e. The predicted octanol–water partition coefficient (Wildman–Crippen LogP) is 5.37. The average Bonchev–Trinajstić information content (AvgIpc) is 2.58. The zero-order valence-electron chi connectivity index (χ0n) is 13.6. The van der Waals surface area contributed by atoms with E-state index in [2.05, 4.69) is 0 Å². The highest BCUT2D eigenvalue weighted by molar-refractivity contribution is 7.91. The molecular weight excluding hydrogens is 304 g/mol. The van der Waals surface area contributed by atoms with Gasteiger partial charge in [-0.05, 0) is 48.2 Å². The van der Waals surface area contributed by atoms with Crippen molar-refractivity contribution in [1.82, 2.24) is 0 Å². The van der Waals surface area contributed by atoms with E-state index < -0.39 is 9.84 Å². The van der Waals surface area contributed by atoms with Crippen molar-refractivity contribution in [3.8, 4) is 0 Å². The Kier molecular flexibility index (Phi) is 5.94. The molecule has 0 amide bonds. The molecule has 23 heavy (non-hydrogen) atoms. The van der Waals surface area contributed by atoms with Gasteiger partial charge in [0.15, 0.2) is 0 Å². The molecule has 0 aliphatic rings. The standard InChI is InChI=1S/C20H22O2S/c1-3-5-9-17-11-7-13-19(15-17)23(21,22)20-14-8-12-18(16-20)10-6-4-2/h5-16H,3-4H2,1-2H3. The van der Waals surface area contributed by atoms with Crippen molar-refractivity contribution in [2.24, 2.45) is 0 Å². The van der Waals surface area contributed by atoms with Crippen molar-refractivity contribution < 1.29 is 8.42 Å². The van der Waals surface area contributed by atoms with Crippen LogP contribution < -0.4 is 0 Å². The Labute approximate surface area is 139 Å². The lowest BCUT2D eigenvalue weighted by molar-refractivity contribution is 0.596. The molecule has 3 heteroatoms. The van der Waals surface area contributed by atoms with Crippen molar-refractivity contribution in [1.29, 1.82) is 0 Å². The maximum Gasteiger partial charge on any atom is 0.206 e. The van der Waals surface area contributed by atoms with Crippen LogP contribution >= 0.6 is 0 Å². The van der Waals surface area contributed by atoms with Gasteiger partial charge in [-0.2, -0.15) is 0 Å². The van der Waals surface area contributed by atoms with Crippen molar-refractivity contribution in [2.75, 3.05) is 0 Å². The van der Waals surface area contributed by atoms with Crippen LogP contribution in [0.15, 0.2) is 70.5 Å². The molecule has 0 aliphatic carbocycles. The van der Waals surface area contributed by atoms with Gasteiger partial charge in [0.05, 0.1) is 9.79 Å². The summed E-state index contributed by atoms with van der Waals surface area (Å²) in [5.74, 6) is 0. The minimum atomic E-state index is -3.50. The lowest BCUT2D eigenvalue weighted by Gasteiger charge is -2.06. The Morgan fingerprint density at radius 1 is 0.783 bits per heavy atom. The van der Waals surface area contributed by atoms with E-state index in [0.717, 1.165) is 24.0 Å². The number of sulfone groups is 1. The van der Waals surface area contributed by atoms with Crippen LogP contribution in [-0.2, 0) is 9.84 Å². The Bertz CT molecular complexity index is 752. The summed E-state index contributed by atoms with van der Waals surface area (Å²) in [5.41, 5.74) is 1.80. The molecule has 2 aromatic carbocycles. The van der Waals surface area contributed by atoms with E-state index in [4.69, 9.17) is 0 Å². The number of hydrogen-bond donors (Lipinski definition) is 0. The monoisotopic (exact) mass is 326 g/mol. The second-order valence-electron chi connectivity index (χ2n) is 5.27. The number of hydrogen-bond acceptors (Lipinski definition) is 2. The molecule has 2 nitrogen and oxygen atoms in total. The summed E-state index contributed by atoms with van der Waals surface area (Å²) >= 11 is 0. The van der Waals surface area contributed by atoms with E-state index in [0.29, 0.717) is 9.79 Å². The van der Waals surface area contributed by atoms with Crippen molar-refractivity contribution in [3.05, 3.63) is 71.8 Å². The van der Waals surface area contributed by atoms with Crippen molar-refractivity contribution in [2.45, 2.75) is 36.5 Å². The van der Waals surface area contributed by atoms with Gasteiger partial charge in [-0.25, -0.2) is 8.42 Å². The third-order valence-electron chi connectivity index (χ3n) is 3.43. The molecule has 0 N–H and O–H groups in total. The molecule has 0 fully saturated rings. The molecule has 2 aromatic rings. The maximum atomic E-state index is 12.8. The van der Waals surface area contributed by atoms with E-state index in [1.807, 2.05) is 50.3 Å². The molecule has 2 rings (SSSR count). The third kappa shape index (κ3) is 4.42. The molecule has 0 spiro atoms. The van der Waals surface area contributed by atoms with Gasteiger partial charge in [0, 0.05) is 0 Å². The molecule has 120 valence electrons. The van der Waals surface area contributed by atoms with Crippen LogP contribution in [0.1, 0.15) is 37.8 Å². The van der Waals surface area contributed by atoms with Gasteiger partial charge in [0.25, 0.3) is 0 Å². The molecule has 0 radical (unpaired) electrons. The van der Waals surface area contributed by atoms with E-state index in [1.165, 1.54) is 0 Å². The predicted molar refractivity (Wildman–Crippen MR) is 97.0 cm³/mol. The third-order valence-corrected chi connectivity index (χ3v) is 5.18. The fourth-order valence-corrected chi connectivity index (χ4v) is 3.58. The maximum absolute atomic E-state index is 12.8. The van der Waals surface area contributed by atoms with Crippen LogP contribution in [0.2, 0.25) is 0 Å². The van der Waals surface area contributed by atoms with Gasteiger partial charge in [0.2, 0.25) is 9.84 Å². The average molecular weight is 326 g/mol. The second kappa shape index (κ2) is 7.93. The normalized spacial score (nSPS) is 12.3. The molecule has 0 aromatic heterocycles. The van der Waals surface area contributed by atoms with Crippen LogP contribution in [0.5, 0.6) is 0 Å². The zero-order valence-corrected chi connectivity index (χ0v) is 14.4. The van der Waals surface area contributed by atoms with Crippen LogP contribution in [0.3, 0.4) is 0 Å². The van der Waals surface area contributed by atoms with E-state index in [-0.39, 0.29) is 0 Å². The highest BCUT2D eigenvalue weighted by atomic mass is 32.2. The minimum Gasteiger partial charge on any atom is -0.219 e. The fourth-order valence-electron chi connectivity index (χ4n) is 2.21. The first-order valence-corrected chi connectivity index (χ1v) is 9.34. The van der Waals surface area contributed by atoms with Crippen LogP contribution in [0.4, 0.5) is 0 Å². The van der Waals surface area contributed by atoms with Crippen LogP contribution in [0, 0.1) is 0 Å². The molecular formula is C20H22O2S. The molecule has 0 saturated carbocycles. The highest BCUT2D eigenvalue weighted by Crippen LogP contribution is 2.23. The zero-order chi connectivity index (χ0) is 16.7. The first kappa shape index (κ1) is 17.2. The van der Waals surface area contributed by atoms with Crippen molar-refractivity contribution in [3.63, 3.8) is 0 Å². The summed E-state index contributed by atoms with van der Waals surface area (Å²) in [5, 5.41) is 0. The Balaban J connectivity index is 2.42. The van der Waals surface area contributed by atoms with Gasteiger partial charge < -0.3 is 0 Å². The highest BCUT2D eigenvalue weighted by Gasteiger charge is 2.17. The van der Waals surface area contributed by atoms with Gasteiger partial charge >= 0.3 is 0 Å². The minimum absolute atomic E-state index is 0.326. The Morgan fingerprint density at radius 3 is 1.61 bits per heavy atom. The first-order valence-electron chi connectivity index (χ1n) is 7.86. The van der Waals surface area contributed by atoms with Crippen molar-refractivity contribution >= 4 is 22.0 Å². The Morgan fingerprint density at radius 2 is 1.22 bits per heavy atom.